The van der Waals surface area contributed by atoms with Crippen LogP contribution in [0.3, 0.4) is 0 Å². The molecule has 1 heterocycles. The van der Waals surface area contributed by atoms with Crippen LogP contribution < -0.4 is 0 Å². The fourth-order valence-corrected chi connectivity index (χ4v) is 1.42. The highest BCUT2D eigenvalue weighted by molar-refractivity contribution is 7.99. The summed E-state index contributed by atoms with van der Waals surface area (Å²) in [4.78, 5) is 8.20. The molecule has 0 fully saturated rings. The van der Waals surface area contributed by atoms with Gasteiger partial charge in [0.05, 0.1) is 0 Å². The van der Waals surface area contributed by atoms with Crippen molar-refractivity contribution in [1.82, 2.24) is 9.97 Å². The van der Waals surface area contributed by atoms with Crippen molar-refractivity contribution in [2.24, 2.45) is 0 Å². The number of hydrogen-bond acceptors (Lipinski definition) is 4. The summed E-state index contributed by atoms with van der Waals surface area (Å²) in [7, 11) is 0. The number of nitrogens with zero attached hydrogens (tertiary/aromatic N) is 3. The van der Waals surface area contributed by atoms with E-state index in [0.717, 1.165) is 11.4 Å². The lowest BCUT2D eigenvalue weighted by molar-refractivity contribution is 0.920. The summed E-state index contributed by atoms with van der Waals surface area (Å²) in [6, 6.07) is 3.68. The highest BCUT2D eigenvalue weighted by Crippen LogP contribution is 2.12. The van der Waals surface area contributed by atoms with Gasteiger partial charge in [0.25, 0.3) is 0 Å². The van der Waals surface area contributed by atoms with Gasteiger partial charge in [0.1, 0.15) is 11.8 Å². The van der Waals surface area contributed by atoms with E-state index in [-0.39, 0.29) is 0 Å². The van der Waals surface area contributed by atoms with Crippen LogP contribution in [0.25, 0.3) is 0 Å². The number of rotatable bonds is 2. The average molecular weight is 179 g/mol. The standard InChI is InChI=1S/C8H9N3S/c1-3-12-8-10-6(2)4-7(5-9)11-8/h4H,3H2,1-2H3. The summed E-state index contributed by atoms with van der Waals surface area (Å²) in [6.07, 6.45) is 0. The van der Waals surface area contributed by atoms with Crippen LogP contribution in [0, 0.1) is 18.3 Å². The molecule has 4 heteroatoms. The van der Waals surface area contributed by atoms with Crippen LogP contribution in [0.1, 0.15) is 18.3 Å². The summed E-state index contributed by atoms with van der Waals surface area (Å²) in [5, 5.41) is 9.29. The van der Waals surface area contributed by atoms with E-state index in [9.17, 15) is 0 Å². The molecule has 0 radical (unpaired) electrons. The van der Waals surface area contributed by atoms with Crippen molar-refractivity contribution in [1.29, 1.82) is 5.26 Å². The number of nitriles is 1. The summed E-state index contributed by atoms with van der Waals surface area (Å²) in [5.41, 5.74) is 1.29. The molecule has 62 valence electrons. The van der Waals surface area contributed by atoms with E-state index in [4.69, 9.17) is 5.26 Å². The van der Waals surface area contributed by atoms with Crippen molar-refractivity contribution in [3.8, 4) is 6.07 Å². The first-order chi connectivity index (χ1) is 5.76. The highest BCUT2D eigenvalue weighted by atomic mass is 32.2. The molecular formula is C8H9N3S. The van der Waals surface area contributed by atoms with Crippen LogP contribution in [-0.4, -0.2) is 15.7 Å². The normalized spacial score (nSPS) is 9.42. The van der Waals surface area contributed by atoms with Gasteiger partial charge in [-0.3, -0.25) is 0 Å². The second kappa shape index (κ2) is 4.07. The zero-order valence-corrected chi connectivity index (χ0v) is 7.85. The van der Waals surface area contributed by atoms with E-state index in [2.05, 4.69) is 9.97 Å². The molecule has 1 rings (SSSR count). The lowest BCUT2D eigenvalue weighted by Crippen LogP contribution is -1.93. The number of aromatic nitrogens is 2. The molecule has 0 saturated heterocycles. The van der Waals surface area contributed by atoms with Crippen LogP contribution in [-0.2, 0) is 0 Å². The molecular weight excluding hydrogens is 170 g/mol. The van der Waals surface area contributed by atoms with Crippen LogP contribution in [0.5, 0.6) is 0 Å². The predicted octanol–water partition coefficient (Wildman–Crippen LogP) is 1.77. The molecule has 0 amide bonds. The molecule has 0 atom stereocenters. The van der Waals surface area contributed by atoms with Gasteiger partial charge in [0.2, 0.25) is 0 Å². The largest absolute Gasteiger partial charge is 0.228 e. The Kier molecular flexibility index (Phi) is 3.06. The van der Waals surface area contributed by atoms with Gasteiger partial charge in [0.15, 0.2) is 5.16 Å². The molecule has 0 aromatic carbocycles. The van der Waals surface area contributed by atoms with Crippen molar-refractivity contribution in [3.63, 3.8) is 0 Å². The SMILES string of the molecule is CCSc1nc(C)cc(C#N)n1. The topological polar surface area (TPSA) is 49.6 Å². The molecule has 0 aliphatic heterocycles. The van der Waals surface area contributed by atoms with Crippen molar-refractivity contribution >= 4 is 11.8 Å². The molecule has 1 aromatic heterocycles. The average Bonchev–Trinajstić information content (AvgIpc) is 2.04. The van der Waals surface area contributed by atoms with Crippen LogP contribution in [0.4, 0.5) is 0 Å². The molecule has 3 nitrogen and oxygen atoms in total. The van der Waals surface area contributed by atoms with Crippen molar-refractivity contribution in [2.75, 3.05) is 5.75 Å². The fourth-order valence-electron chi connectivity index (χ4n) is 0.792. The maximum atomic E-state index is 8.61. The second-order valence-electron chi connectivity index (χ2n) is 2.22. The zero-order valence-electron chi connectivity index (χ0n) is 7.03. The highest BCUT2D eigenvalue weighted by Gasteiger charge is 2.00. The smallest absolute Gasteiger partial charge is 0.189 e. The van der Waals surface area contributed by atoms with Gasteiger partial charge in [-0.15, -0.1) is 0 Å². The first kappa shape index (κ1) is 9.01. The van der Waals surface area contributed by atoms with Gasteiger partial charge in [0, 0.05) is 5.69 Å². The minimum absolute atomic E-state index is 0.443. The Labute approximate surface area is 75.8 Å². The van der Waals surface area contributed by atoms with E-state index in [1.165, 1.54) is 0 Å². The molecule has 0 N–H and O–H groups in total. The van der Waals surface area contributed by atoms with Crippen molar-refractivity contribution < 1.29 is 0 Å². The Hall–Kier alpha value is -1.08. The van der Waals surface area contributed by atoms with Crippen molar-refractivity contribution in [3.05, 3.63) is 17.5 Å². The number of thioether (sulfide) groups is 1. The molecule has 0 spiro atoms. The summed E-state index contributed by atoms with van der Waals surface area (Å²) in [6.45, 7) is 3.89. The van der Waals surface area contributed by atoms with Crippen LogP contribution in [0.15, 0.2) is 11.2 Å². The Balaban J connectivity index is 3.00. The van der Waals surface area contributed by atoms with E-state index in [1.54, 1.807) is 17.8 Å². The third kappa shape index (κ3) is 2.21. The first-order valence-corrected chi connectivity index (χ1v) is 4.63. The van der Waals surface area contributed by atoms with Crippen LogP contribution in [0.2, 0.25) is 0 Å². The van der Waals surface area contributed by atoms with Gasteiger partial charge in [-0.25, -0.2) is 9.97 Å². The quantitative estimate of drug-likeness (QED) is 0.513. The predicted molar refractivity (Wildman–Crippen MR) is 47.9 cm³/mol. The minimum Gasteiger partial charge on any atom is -0.228 e. The third-order valence-corrected chi connectivity index (χ3v) is 1.95. The molecule has 1 aromatic rings. The number of hydrogen-bond donors (Lipinski definition) is 0. The zero-order chi connectivity index (χ0) is 8.97. The Morgan fingerprint density at radius 2 is 2.33 bits per heavy atom. The second-order valence-corrected chi connectivity index (χ2v) is 3.45. The van der Waals surface area contributed by atoms with Gasteiger partial charge < -0.3 is 0 Å². The molecule has 0 unspecified atom stereocenters. The molecule has 0 saturated carbocycles. The monoisotopic (exact) mass is 179 g/mol. The molecule has 0 bridgehead atoms. The molecule has 12 heavy (non-hydrogen) atoms. The maximum Gasteiger partial charge on any atom is 0.189 e. The van der Waals surface area contributed by atoms with Gasteiger partial charge in [-0.2, -0.15) is 5.26 Å². The first-order valence-electron chi connectivity index (χ1n) is 3.65. The van der Waals surface area contributed by atoms with E-state index < -0.39 is 0 Å². The minimum atomic E-state index is 0.443. The maximum absolute atomic E-state index is 8.61. The van der Waals surface area contributed by atoms with E-state index in [0.29, 0.717) is 10.9 Å². The fraction of sp³-hybridized carbons (Fsp3) is 0.375. The lowest BCUT2D eigenvalue weighted by Gasteiger charge is -1.98. The molecule has 0 aliphatic rings. The summed E-state index contributed by atoms with van der Waals surface area (Å²) < 4.78 is 0. The third-order valence-electron chi connectivity index (χ3n) is 1.22. The van der Waals surface area contributed by atoms with Crippen LogP contribution >= 0.6 is 11.8 Å². The summed E-state index contributed by atoms with van der Waals surface area (Å²) in [5.74, 6) is 0.925. The van der Waals surface area contributed by atoms with Gasteiger partial charge >= 0.3 is 0 Å². The molecule has 0 aliphatic carbocycles. The lowest BCUT2D eigenvalue weighted by atomic mass is 10.4. The Bertz CT molecular complexity index is 317. The summed E-state index contributed by atoms with van der Waals surface area (Å²) >= 11 is 1.55. The number of aryl methyl sites for hydroxylation is 1. The van der Waals surface area contributed by atoms with E-state index in [1.807, 2.05) is 19.9 Å². The van der Waals surface area contributed by atoms with E-state index >= 15 is 0 Å². The van der Waals surface area contributed by atoms with Gasteiger partial charge in [-0.05, 0) is 18.7 Å². The Morgan fingerprint density at radius 1 is 1.58 bits per heavy atom. The Morgan fingerprint density at radius 3 is 2.92 bits per heavy atom. The van der Waals surface area contributed by atoms with Gasteiger partial charge in [-0.1, -0.05) is 18.7 Å². The van der Waals surface area contributed by atoms with Crippen molar-refractivity contribution in [2.45, 2.75) is 19.0 Å².